The average molecular weight is 296 g/mol. The molecule has 0 radical (unpaired) electrons. The van der Waals surface area contributed by atoms with Gasteiger partial charge in [-0.05, 0) is 31.2 Å². The van der Waals surface area contributed by atoms with Crippen molar-refractivity contribution in [3.05, 3.63) is 29.3 Å². The standard InChI is InChI=1S/C15H21FN2O3/c1-9(2)4-11(6-13(19)20)7-18-15(21)12-5-10(3)14(16)17-8-12/h5,8-9,11H,4,6-7H2,1-3H3,(H,18,21)(H,19,20)/t11-/m0/s1. The van der Waals surface area contributed by atoms with Gasteiger partial charge in [0, 0.05) is 24.7 Å². The number of pyridine rings is 1. The monoisotopic (exact) mass is 296 g/mol. The van der Waals surface area contributed by atoms with Crippen molar-refractivity contribution in [2.45, 2.75) is 33.6 Å². The molecule has 0 aliphatic heterocycles. The average Bonchev–Trinajstić information content (AvgIpc) is 2.37. The number of aliphatic carboxylic acids is 1. The molecule has 0 aliphatic rings. The molecule has 0 saturated heterocycles. The maximum atomic E-state index is 13.1. The fraction of sp³-hybridized carbons (Fsp3) is 0.533. The maximum absolute atomic E-state index is 13.1. The number of nitrogens with one attached hydrogen (secondary N) is 1. The van der Waals surface area contributed by atoms with E-state index in [1.165, 1.54) is 19.2 Å². The Kier molecular flexibility index (Phi) is 6.27. The molecule has 1 aromatic rings. The van der Waals surface area contributed by atoms with Crippen LogP contribution in [0.2, 0.25) is 0 Å². The predicted octanol–water partition coefficient (Wildman–Crippen LogP) is 2.40. The minimum absolute atomic E-state index is 0.0131. The highest BCUT2D eigenvalue weighted by molar-refractivity contribution is 5.94. The number of amides is 1. The summed E-state index contributed by atoms with van der Waals surface area (Å²) < 4.78 is 13.1. The zero-order valence-electron chi connectivity index (χ0n) is 12.5. The maximum Gasteiger partial charge on any atom is 0.303 e. The Hall–Kier alpha value is -1.98. The first-order valence-corrected chi connectivity index (χ1v) is 6.91. The van der Waals surface area contributed by atoms with E-state index in [-0.39, 0.29) is 30.4 Å². The predicted molar refractivity (Wildman–Crippen MR) is 76.5 cm³/mol. The third-order valence-corrected chi connectivity index (χ3v) is 3.10. The summed E-state index contributed by atoms with van der Waals surface area (Å²) in [5.74, 6) is -1.63. The van der Waals surface area contributed by atoms with Crippen molar-refractivity contribution >= 4 is 11.9 Å². The number of hydrogen-bond acceptors (Lipinski definition) is 3. The molecule has 5 nitrogen and oxygen atoms in total. The molecule has 0 unspecified atom stereocenters. The highest BCUT2D eigenvalue weighted by atomic mass is 19.1. The van der Waals surface area contributed by atoms with Gasteiger partial charge >= 0.3 is 5.97 Å². The van der Waals surface area contributed by atoms with E-state index < -0.39 is 11.9 Å². The molecule has 0 aliphatic carbocycles. The van der Waals surface area contributed by atoms with Gasteiger partial charge in [-0.3, -0.25) is 9.59 Å². The second kappa shape index (κ2) is 7.71. The van der Waals surface area contributed by atoms with Crippen LogP contribution in [-0.4, -0.2) is 28.5 Å². The van der Waals surface area contributed by atoms with Crippen LogP contribution in [0.5, 0.6) is 0 Å². The zero-order chi connectivity index (χ0) is 16.0. The number of hydrogen-bond donors (Lipinski definition) is 2. The van der Waals surface area contributed by atoms with Gasteiger partial charge in [0.05, 0.1) is 5.56 Å². The number of carboxylic acid groups (broad SMARTS) is 1. The van der Waals surface area contributed by atoms with Gasteiger partial charge in [0.1, 0.15) is 0 Å². The van der Waals surface area contributed by atoms with Crippen LogP contribution in [0.1, 0.15) is 42.6 Å². The largest absolute Gasteiger partial charge is 0.481 e. The lowest BCUT2D eigenvalue weighted by molar-refractivity contribution is -0.138. The Morgan fingerprint density at radius 1 is 1.43 bits per heavy atom. The van der Waals surface area contributed by atoms with Crippen molar-refractivity contribution in [1.82, 2.24) is 10.3 Å². The van der Waals surface area contributed by atoms with E-state index >= 15 is 0 Å². The number of carbonyl (C=O) groups excluding carboxylic acids is 1. The molecule has 0 aromatic carbocycles. The first-order chi connectivity index (χ1) is 9.79. The summed E-state index contributed by atoms with van der Waals surface area (Å²) in [6.45, 7) is 5.82. The number of aromatic nitrogens is 1. The van der Waals surface area contributed by atoms with Crippen molar-refractivity contribution in [3.63, 3.8) is 0 Å². The molecule has 21 heavy (non-hydrogen) atoms. The molecule has 1 atom stereocenters. The van der Waals surface area contributed by atoms with Gasteiger partial charge in [0.15, 0.2) is 0 Å². The van der Waals surface area contributed by atoms with Gasteiger partial charge in [-0.25, -0.2) is 4.98 Å². The highest BCUT2D eigenvalue weighted by Gasteiger charge is 2.17. The first-order valence-electron chi connectivity index (χ1n) is 6.91. The third-order valence-electron chi connectivity index (χ3n) is 3.10. The summed E-state index contributed by atoms with van der Waals surface area (Å²) in [7, 11) is 0. The van der Waals surface area contributed by atoms with E-state index in [9.17, 15) is 14.0 Å². The van der Waals surface area contributed by atoms with Crippen LogP contribution >= 0.6 is 0 Å². The van der Waals surface area contributed by atoms with E-state index in [0.717, 1.165) is 0 Å². The Morgan fingerprint density at radius 2 is 2.10 bits per heavy atom. The lowest BCUT2D eigenvalue weighted by Crippen LogP contribution is -2.31. The zero-order valence-corrected chi connectivity index (χ0v) is 12.5. The summed E-state index contributed by atoms with van der Waals surface area (Å²) in [6.07, 6.45) is 1.90. The fourth-order valence-corrected chi connectivity index (χ4v) is 2.17. The van der Waals surface area contributed by atoms with Gasteiger partial charge in [-0.2, -0.15) is 4.39 Å². The van der Waals surface area contributed by atoms with Crippen LogP contribution in [0, 0.1) is 24.7 Å². The van der Waals surface area contributed by atoms with E-state index in [1.54, 1.807) is 0 Å². The van der Waals surface area contributed by atoms with E-state index in [0.29, 0.717) is 17.9 Å². The van der Waals surface area contributed by atoms with Crippen molar-refractivity contribution in [1.29, 1.82) is 0 Å². The van der Waals surface area contributed by atoms with Crippen LogP contribution in [0.25, 0.3) is 0 Å². The molecular weight excluding hydrogens is 275 g/mol. The fourth-order valence-electron chi connectivity index (χ4n) is 2.17. The third kappa shape index (κ3) is 5.89. The topological polar surface area (TPSA) is 79.3 Å². The number of nitrogens with zero attached hydrogens (tertiary/aromatic N) is 1. The number of rotatable bonds is 7. The van der Waals surface area contributed by atoms with Crippen LogP contribution in [-0.2, 0) is 4.79 Å². The van der Waals surface area contributed by atoms with Gasteiger partial charge in [0.25, 0.3) is 5.91 Å². The summed E-state index contributed by atoms with van der Waals surface area (Å²) in [4.78, 5) is 26.3. The molecule has 0 fully saturated rings. The lowest BCUT2D eigenvalue weighted by atomic mass is 9.94. The van der Waals surface area contributed by atoms with E-state index in [2.05, 4.69) is 10.3 Å². The first kappa shape index (κ1) is 17.1. The van der Waals surface area contributed by atoms with Crippen LogP contribution in [0.3, 0.4) is 0 Å². The van der Waals surface area contributed by atoms with Crippen LogP contribution < -0.4 is 5.32 Å². The molecule has 116 valence electrons. The summed E-state index contributed by atoms with van der Waals surface area (Å²) >= 11 is 0. The SMILES string of the molecule is Cc1cc(C(=O)NC[C@H](CC(=O)O)CC(C)C)cnc1F. The Morgan fingerprint density at radius 3 is 2.62 bits per heavy atom. The Balaban J connectivity index is 2.63. The Labute approximate surface area is 123 Å². The van der Waals surface area contributed by atoms with Crippen molar-refractivity contribution < 1.29 is 19.1 Å². The van der Waals surface area contributed by atoms with Crippen molar-refractivity contribution in [2.24, 2.45) is 11.8 Å². The summed E-state index contributed by atoms with van der Waals surface area (Å²) in [6, 6.07) is 1.42. The molecule has 6 heteroatoms. The number of aryl methyl sites for hydroxylation is 1. The van der Waals surface area contributed by atoms with Gasteiger partial charge in [0.2, 0.25) is 5.95 Å². The summed E-state index contributed by atoms with van der Waals surface area (Å²) in [5, 5.41) is 11.6. The van der Waals surface area contributed by atoms with Crippen molar-refractivity contribution in [2.75, 3.05) is 6.54 Å². The molecule has 0 bridgehead atoms. The minimum atomic E-state index is -0.880. The number of carboxylic acids is 1. The minimum Gasteiger partial charge on any atom is -0.481 e. The number of carbonyl (C=O) groups is 2. The molecule has 1 rings (SSSR count). The van der Waals surface area contributed by atoms with E-state index in [4.69, 9.17) is 5.11 Å². The summed E-state index contributed by atoms with van der Waals surface area (Å²) in [5.41, 5.74) is 0.569. The molecule has 0 spiro atoms. The van der Waals surface area contributed by atoms with Gasteiger partial charge in [-0.1, -0.05) is 13.8 Å². The quantitative estimate of drug-likeness (QED) is 0.757. The van der Waals surface area contributed by atoms with Gasteiger partial charge in [-0.15, -0.1) is 0 Å². The molecule has 2 N–H and O–H groups in total. The molecule has 0 saturated carbocycles. The van der Waals surface area contributed by atoms with Crippen LogP contribution in [0.15, 0.2) is 12.3 Å². The molecule has 1 heterocycles. The smallest absolute Gasteiger partial charge is 0.303 e. The second-order valence-electron chi connectivity index (χ2n) is 5.64. The Bertz CT molecular complexity index is 518. The number of halogens is 1. The van der Waals surface area contributed by atoms with Crippen LogP contribution in [0.4, 0.5) is 4.39 Å². The molecule has 1 aromatic heterocycles. The highest BCUT2D eigenvalue weighted by Crippen LogP contribution is 2.15. The van der Waals surface area contributed by atoms with Gasteiger partial charge < -0.3 is 10.4 Å². The van der Waals surface area contributed by atoms with Crippen molar-refractivity contribution in [3.8, 4) is 0 Å². The molecular formula is C15H21FN2O3. The lowest BCUT2D eigenvalue weighted by Gasteiger charge is -2.17. The van der Waals surface area contributed by atoms with E-state index in [1.807, 2.05) is 13.8 Å². The second-order valence-corrected chi connectivity index (χ2v) is 5.64. The normalized spacial score (nSPS) is 12.2. The molecule has 1 amide bonds.